The van der Waals surface area contributed by atoms with E-state index in [-0.39, 0.29) is 17.5 Å². The van der Waals surface area contributed by atoms with Crippen molar-refractivity contribution in [3.8, 4) is 11.3 Å². The number of nitrogens with zero attached hydrogens (tertiary/aromatic N) is 2. The summed E-state index contributed by atoms with van der Waals surface area (Å²) >= 11 is 1.25. The molecule has 23 heavy (non-hydrogen) atoms. The van der Waals surface area contributed by atoms with E-state index in [1.54, 1.807) is 17.5 Å². The van der Waals surface area contributed by atoms with Crippen LogP contribution in [0.2, 0.25) is 0 Å². The van der Waals surface area contributed by atoms with Crippen molar-refractivity contribution in [3.05, 3.63) is 39.8 Å². The first-order valence-electron chi connectivity index (χ1n) is 6.83. The van der Waals surface area contributed by atoms with Gasteiger partial charge in [-0.15, -0.1) is 11.3 Å². The van der Waals surface area contributed by atoms with Crippen molar-refractivity contribution in [1.82, 2.24) is 10.3 Å². The van der Waals surface area contributed by atoms with Crippen LogP contribution in [0.3, 0.4) is 0 Å². The number of carbonyl (C=O) groups is 2. The summed E-state index contributed by atoms with van der Waals surface area (Å²) in [6.07, 6.45) is 0.829. The first kappa shape index (κ1) is 15.1. The first-order valence-corrected chi connectivity index (χ1v) is 7.71. The number of non-ortho nitro benzene ring substituents is 1. The smallest absolute Gasteiger partial charge is 0.269 e. The number of anilines is 1. The highest BCUT2D eigenvalue weighted by Crippen LogP contribution is 2.26. The number of rotatable bonds is 4. The van der Waals surface area contributed by atoms with Crippen LogP contribution in [0.5, 0.6) is 0 Å². The van der Waals surface area contributed by atoms with Crippen molar-refractivity contribution >= 4 is 34.0 Å². The van der Waals surface area contributed by atoms with E-state index in [9.17, 15) is 19.7 Å². The summed E-state index contributed by atoms with van der Waals surface area (Å²) in [6.45, 7) is 0. The van der Waals surface area contributed by atoms with Crippen LogP contribution in [0.25, 0.3) is 11.3 Å². The number of amides is 2. The molecule has 1 fully saturated rings. The van der Waals surface area contributed by atoms with Crippen LogP contribution >= 0.6 is 11.3 Å². The molecule has 2 amide bonds. The minimum Gasteiger partial charge on any atom is -0.344 e. The number of thiazole rings is 1. The lowest BCUT2D eigenvalue weighted by atomic mass is 10.1. The molecule has 1 aliphatic heterocycles. The maximum Gasteiger partial charge on any atom is 0.269 e. The van der Waals surface area contributed by atoms with Gasteiger partial charge in [-0.25, -0.2) is 4.98 Å². The van der Waals surface area contributed by atoms with E-state index < -0.39 is 11.0 Å². The Hall–Kier alpha value is -2.81. The molecule has 0 bridgehead atoms. The fraction of sp³-hybridized carbons (Fsp3) is 0.214. The monoisotopic (exact) mass is 332 g/mol. The third kappa shape index (κ3) is 3.34. The summed E-state index contributed by atoms with van der Waals surface area (Å²) < 4.78 is 0. The van der Waals surface area contributed by atoms with E-state index in [1.165, 1.54) is 23.5 Å². The Morgan fingerprint density at radius 1 is 1.39 bits per heavy atom. The Balaban J connectivity index is 1.69. The van der Waals surface area contributed by atoms with E-state index in [1.807, 2.05) is 0 Å². The standard InChI is InChI=1S/C14H12N4O4S/c19-12-6-5-10(15-12)13(20)17-14-16-11(7-23-14)8-1-3-9(4-2-8)18(21)22/h1-4,7,10H,5-6H2,(H,15,19)(H,16,17,20)/t10-/m0/s1. The van der Waals surface area contributed by atoms with Gasteiger partial charge >= 0.3 is 0 Å². The number of benzene rings is 1. The summed E-state index contributed by atoms with van der Waals surface area (Å²) in [5.41, 5.74) is 1.35. The topological polar surface area (TPSA) is 114 Å². The third-order valence-electron chi connectivity index (χ3n) is 3.42. The SMILES string of the molecule is O=C1CC[C@@H](C(=O)Nc2nc(-c3ccc([N+](=O)[O-])cc3)cs2)N1. The third-order valence-corrected chi connectivity index (χ3v) is 4.18. The van der Waals surface area contributed by atoms with Crippen LogP contribution in [0.4, 0.5) is 10.8 Å². The zero-order valence-electron chi connectivity index (χ0n) is 11.8. The molecule has 9 heteroatoms. The number of nitro groups is 1. The van der Waals surface area contributed by atoms with E-state index in [0.717, 1.165) is 5.56 Å². The van der Waals surface area contributed by atoms with Crippen molar-refractivity contribution in [1.29, 1.82) is 0 Å². The van der Waals surface area contributed by atoms with Crippen LogP contribution in [-0.2, 0) is 9.59 Å². The summed E-state index contributed by atoms with van der Waals surface area (Å²) in [5.74, 6) is -0.420. The minimum atomic E-state index is -0.519. The lowest BCUT2D eigenvalue weighted by Gasteiger charge is -2.08. The highest BCUT2D eigenvalue weighted by Gasteiger charge is 2.27. The van der Waals surface area contributed by atoms with Gasteiger partial charge in [0.05, 0.1) is 10.6 Å². The van der Waals surface area contributed by atoms with Gasteiger partial charge in [0, 0.05) is 29.5 Å². The number of hydrogen-bond acceptors (Lipinski definition) is 6. The summed E-state index contributed by atoms with van der Waals surface area (Å²) in [6, 6.07) is 5.50. The van der Waals surface area contributed by atoms with Crippen molar-refractivity contribution in [2.75, 3.05) is 5.32 Å². The van der Waals surface area contributed by atoms with Crippen LogP contribution < -0.4 is 10.6 Å². The van der Waals surface area contributed by atoms with Crippen molar-refractivity contribution in [2.24, 2.45) is 0 Å². The Kier molecular flexibility index (Phi) is 4.02. The predicted molar refractivity (Wildman–Crippen MR) is 84.0 cm³/mol. The Morgan fingerprint density at radius 3 is 2.74 bits per heavy atom. The predicted octanol–water partition coefficient (Wildman–Crippen LogP) is 1.94. The molecule has 1 aromatic carbocycles. The highest BCUT2D eigenvalue weighted by atomic mass is 32.1. The molecule has 2 N–H and O–H groups in total. The zero-order valence-corrected chi connectivity index (χ0v) is 12.6. The average molecular weight is 332 g/mol. The number of carbonyl (C=O) groups excluding carboxylic acids is 2. The fourth-order valence-corrected chi connectivity index (χ4v) is 2.94. The van der Waals surface area contributed by atoms with Crippen molar-refractivity contribution in [3.63, 3.8) is 0 Å². The molecule has 1 atom stereocenters. The van der Waals surface area contributed by atoms with Gasteiger partial charge in [0.15, 0.2) is 5.13 Å². The summed E-state index contributed by atoms with van der Waals surface area (Å²) in [5, 5.41) is 18.1. The molecule has 0 spiro atoms. The van der Waals surface area contributed by atoms with E-state index in [0.29, 0.717) is 23.7 Å². The maximum absolute atomic E-state index is 12.0. The van der Waals surface area contributed by atoms with Crippen LogP contribution in [-0.4, -0.2) is 27.8 Å². The molecule has 2 heterocycles. The Bertz CT molecular complexity index is 771. The van der Waals surface area contributed by atoms with Crippen LogP contribution in [0.1, 0.15) is 12.8 Å². The lowest BCUT2D eigenvalue weighted by Crippen LogP contribution is -2.37. The molecule has 1 aromatic heterocycles. The molecule has 1 saturated heterocycles. The van der Waals surface area contributed by atoms with Gasteiger partial charge < -0.3 is 10.6 Å². The second-order valence-electron chi connectivity index (χ2n) is 4.99. The number of hydrogen-bond donors (Lipinski definition) is 2. The quantitative estimate of drug-likeness (QED) is 0.656. The van der Waals surface area contributed by atoms with Gasteiger partial charge in [0.25, 0.3) is 5.69 Å². The zero-order chi connectivity index (χ0) is 16.4. The van der Waals surface area contributed by atoms with Gasteiger partial charge in [-0.2, -0.15) is 0 Å². The summed E-state index contributed by atoms with van der Waals surface area (Å²) in [7, 11) is 0. The Morgan fingerprint density at radius 2 is 2.13 bits per heavy atom. The number of nitro benzene ring substituents is 1. The second kappa shape index (κ2) is 6.13. The molecule has 8 nitrogen and oxygen atoms in total. The molecule has 1 aliphatic rings. The second-order valence-corrected chi connectivity index (χ2v) is 5.85. The van der Waals surface area contributed by atoms with E-state index >= 15 is 0 Å². The number of nitrogens with one attached hydrogen (secondary N) is 2. The average Bonchev–Trinajstić information content (AvgIpc) is 3.16. The van der Waals surface area contributed by atoms with Gasteiger partial charge in [-0.05, 0) is 18.6 Å². The molecule has 0 unspecified atom stereocenters. The molecule has 0 saturated carbocycles. The molecule has 0 aliphatic carbocycles. The van der Waals surface area contributed by atoms with Gasteiger partial charge in [0.2, 0.25) is 11.8 Å². The molecule has 0 radical (unpaired) electrons. The fourth-order valence-electron chi connectivity index (χ4n) is 2.22. The molecule has 3 rings (SSSR count). The minimum absolute atomic E-state index is 0.00878. The van der Waals surface area contributed by atoms with E-state index in [2.05, 4.69) is 15.6 Å². The van der Waals surface area contributed by atoms with Gasteiger partial charge in [-0.1, -0.05) is 0 Å². The van der Waals surface area contributed by atoms with E-state index in [4.69, 9.17) is 0 Å². The van der Waals surface area contributed by atoms with Gasteiger partial charge in [0.1, 0.15) is 6.04 Å². The highest BCUT2D eigenvalue weighted by molar-refractivity contribution is 7.14. The van der Waals surface area contributed by atoms with Crippen LogP contribution in [0.15, 0.2) is 29.6 Å². The Labute approximate surface area is 134 Å². The molecule has 2 aromatic rings. The molecular weight excluding hydrogens is 320 g/mol. The molecule has 118 valence electrons. The van der Waals surface area contributed by atoms with Crippen molar-refractivity contribution in [2.45, 2.75) is 18.9 Å². The summed E-state index contributed by atoms with van der Waals surface area (Å²) in [4.78, 5) is 37.6. The first-order chi connectivity index (χ1) is 11.0. The van der Waals surface area contributed by atoms with Crippen molar-refractivity contribution < 1.29 is 14.5 Å². The lowest BCUT2D eigenvalue weighted by molar-refractivity contribution is -0.384. The molecular formula is C14H12N4O4S. The normalized spacial score (nSPS) is 16.9. The van der Waals surface area contributed by atoms with Gasteiger partial charge in [-0.3, -0.25) is 19.7 Å². The maximum atomic E-state index is 12.0. The largest absolute Gasteiger partial charge is 0.344 e. The van der Waals surface area contributed by atoms with Crippen LogP contribution in [0, 0.1) is 10.1 Å². The number of aromatic nitrogens is 1.